The lowest BCUT2D eigenvalue weighted by molar-refractivity contribution is 0.159. The first-order chi connectivity index (χ1) is 14.0. The number of anilines is 2. The van der Waals surface area contributed by atoms with Crippen LogP contribution in [0.5, 0.6) is 5.75 Å². The lowest BCUT2D eigenvalue weighted by Gasteiger charge is -2.28. The normalized spacial score (nSPS) is 14.7. The Morgan fingerprint density at radius 3 is 2.38 bits per heavy atom. The fourth-order valence-electron chi connectivity index (χ4n) is 2.98. The first kappa shape index (κ1) is 18.7. The molecule has 1 aliphatic rings. The number of rotatable bonds is 3. The second-order valence-corrected chi connectivity index (χ2v) is 7.34. The van der Waals surface area contributed by atoms with Gasteiger partial charge in [-0.3, -0.25) is 0 Å². The van der Waals surface area contributed by atoms with Gasteiger partial charge in [-0.15, -0.1) is 0 Å². The number of ether oxygens (including phenoxy) is 1. The second-order valence-electron chi connectivity index (χ2n) is 7.34. The van der Waals surface area contributed by atoms with Crippen LogP contribution in [0.2, 0.25) is 0 Å². The summed E-state index contributed by atoms with van der Waals surface area (Å²) in [5, 5.41) is 6.60. The van der Waals surface area contributed by atoms with Crippen molar-refractivity contribution in [3.8, 4) is 5.75 Å². The lowest BCUT2D eigenvalue weighted by atomic mass is 10.0. The van der Waals surface area contributed by atoms with Crippen LogP contribution >= 0.6 is 0 Å². The van der Waals surface area contributed by atoms with Crippen molar-refractivity contribution in [2.45, 2.75) is 19.4 Å². The van der Waals surface area contributed by atoms with Crippen molar-refractivity contribution in [2.75, 3.05) is 10.6 Å². The molecule has 146 valence electrons. The third kappa shape index (κ3) is 4.82. The zero-order chi connectivity index (χ0) is 20.3. The molecule has 3 aromatic rings. The highest BCUT2D eigenvalue weighted by atomic mass is 19.1. The van der Waals surface area contributed by atoms with E-state index in [4.69, 9.17) is 4.74 Å². The highest BCUT2D eigenvalue weighted by molar-refractivity contribution is 6.05. The number of nitrogens with one attached hydrogen (secondary N) is 2. The van der Waals surface area contributed by atoms with Crippen molar-refractivity contribution in [3.05, 3.63) is 90.3 Å². The van der Waals surface area contributed by atoms with Gasteiger partial charge >= 0.3 is 0 Å². The van der Waals surface area contributed by atoms with E-state index in [1.54, 1.807) is 12.1 Å². The van der Waals surface area contributed by atoms with Gasteiger partial charge in [-0.1, -0.05) is 24.3 Å². The summed E-state index contributed by atoms with van der Waals surface area (Å²) in [6, 6.07) is 21.7. The Bertz CT molecular complexity index is 1060. The van der Waals surface area contributed by atoms with E-state index in [2.05, 4.69) is 21.7 Å². The van der Waals surface area contributed by atoms with Crippen molar-refractivity contribution in [2.24, 2.45) is 4.99 Å². The molecule has 0 bridgehead atoms. The smallest absolute Gasteiger partial charge is 0.205 e. The number of hydrogen-bond acceptors (Lipinski definition) is 2. The van der Waals surface area contributed by atoms with Crippen LogP contribution in [0.15, 0.2) is 83.9 Å². The number of halogens is 1. The van der Waals surface area contributed by atoms with Gasteiger partial charge in [0.05, 0.1) is 5.69 Å². The Hall–Kier alpha value is -3.60. The zero-order valence-corrected chi connectivity index (χ0v) is 16.3. The molecule has 3 aromatic carbocycles. The van der Waals surface area contributed by atoms with Crippen LogP contribution < -0.4 is 15.4 Å². The maximum absolute atomic E-state index is 13.2. The first-order valence-corrected chi connectivity index (χ1v) is 9.43. The molecule has 0 saturated heterocycles. The van der Waals surface area contributed by atoms with Crippen LogP contribution in [0.4, 0.5) is 21.5 Å². The average molecular weight is 387 g/mol. The predicted molar refractivity (Wildman–Crippen MR) is 117 cm³/mol. The third-order valence-electron chi connectivity index (χ3n) is 4.41. The molecule has 0 spiro atoms. The molecule has 0 aliphatic carbocycles. The second kappa shape index (κ2) is 7.80. The maximum atomic E-state index is 13.2. The highest BCUT2D eigenvalue weighted by Crippen LogP contribution is 2.32. The van der Waals surface area contributed by atoms with Gasteiger partial charge in [0.1, 0.15) is 17.2 Å². The monoisotopic (exact) mass is 387 g/mol. The Morgan fingerprint density at radius 1 is 0.897 bits per heavy atom. The molecule has 2 N–H and O–H groups in total. The molecular formula is C24H22FN3O. The number of nitrogens with zero attached hydrogens (tertiary/aromatic N) is 1. The van der Waals surface area contributed by atoms with E-state index in [-0.39, 0.29) is 11.4 Å². The Labute approximate surface area is 169 Å². The molecule has 1 aliphatic heterocycles. The maximum Gasteiger partial charge on any atom is 0.205 e. The Balaban J connectivity index is 1.62. The summed E-state index contributed by atoms with van der Waals surface area (Å²) in [6.45, 7) is 4.05. The summed E-state index contributed by atoms with van der Waals surface area (Å²) in [5.41, 5.74) is 3.08. The van der Waals surface area contributed by atoms with E-state index in [0.717, 1.165) is 22.7 Å². The number of para-hydroxylation sites is 1. The quantitative estimate of drug-likeness (QED) is 0.414. The van der Waals surface area contributed by atoms with Gasteiger partial charge in [0, 0.05) is 16.9 Å². The molecule has 0 atom stereocenters. The summed E-state index contributed by atoms with van der Waals surface area (Å²) in [6.07, 6.45) is 4.10. The summed E-state index contributed by atoms with van der Waals surface area (Å²) in [7, 11) is 0. The largest absolute Gasteiger partial charge is 0.483 e. The van der Waals surface area contributed by atoms with Gasteiger partial charge in [-0.25, -0.2) is 9.38 Å². The van der Waals surface area contributed by atoms with Gasteiger partial charge in [-0.2, -0.15) is 0 Å². The lowest BCUT2D eigenvalue weighted by Crippen LogP contribution is -2.27. The minimum absolute atomic E-state index is 0.293. The number of guanidine groups is 1. The molecule has 0 aromatic heterocycles. The summed E-state index contributed by atoms with van der Waals surface area (Å²) >= 11 is 0. The molecule has 0 amide bonds. The van der Waals surface area contributed by atoms with E-state index in [1.165, 1.54) is 12.1 Å². The molecule has 1 heterocycles. The summed E-state index contributed by atoms with van der Waals surface area (Å²) in [4.78, 5) is 4.60. The number of fused-ring (bicyclic) bond motifs is 1. The molecule has 29 heavy (non-hydrogen) atoms. The molecule has 0 unspecified atom stereocenters. The molecule has 0 radical (unpaired) electrons. The molecule has 0 saturated carbocycles. The van der Waals surface area contributed by atoms with Gasteiger partial charge in [0.15, 0.2) is 0 Å². The van der Waals surface area contributed by atoms with Crippen LogP contribution in [0.25, 0.3) is 6.08 Å². The van der Waals surface area contributed by atoms with Crippen molar-refractivity contribution >= 4 is 29.1 Å². The topological polar surface area (TPSA) is 45.7 Å². The molecule has 4 nitrogen and oxygen atoms in total. The van der Waals surface area contributed by atoms with Gasteiger partial charge in [-0.05, 0) is 74.5 Å². The van der Waals surface area contributed by atoms with E-state index in [9.17, 15) is 4.39 Å². The van der Waals surface area contributed by atoms with Crippen LogP contribution in [0, 0.1) is 5.82 Å². The third-order valence-corrected chi connectivity index (χ3v) is 4.41. The summed E-state index contributed by atoms with van der Waals surface area (Å²) in [5.74, 6) is 1.08. The Kier molecular flexibility index (Phi) is 5.04. The number of hydrogen-bond donors (Lipinski definition) is 2. The van der Waals surface area contributed by atoms with Crippen LogP contribution in [0.1, 0.15) is 19.4 Å². The van der Waals surface area contributed by atoms with E-state index in [0.29, 0.717) is 11.6 Å². The minimum Gasteiger partial charge on any atom is -0.483 e. The van der Waals surface area contributed by atoms with E-state index in [1.807, 2.05) is 68.5 Å². The van der Waals surface area contributed by atoms with E-state index >= 15 is 0 Å². The van der Waals surface area contributed by atoms with Crippen LogP contribution in [-0.2, 0) is 0 Å². The predicted octanol–water partition coefficient (Wildman–Crippen LogP) is 6.22. The Morgan fingerprint density at radius 2 is 1.62 bits per heavy atom. The minimum atomic E-state index is -0.313. The van der Waals surface area contributed by atoms with Gasteiger partial charge in [0.2, 0.25) is 5.96 Å². The first-order valence-electron chi connectivity index (χ1n) is 9.43. The van der Waals surface area contributed by atoms with Crippen molar-refractivity contribution < 1.29 is 9.13 Å². The molecule has 5 heteroatoms. The van der Waals surface area contributed by atoms with E-state index < -0.39 is 0 Å². The highest BCUT2D eigenvalue weighted by Gasteiger charge is 2.21. The zero-order valence-electron chi connectivity index (χ0n) is 16.3. The van der Waals surface area contributed by atoms with Crippen LogP contribution in [0.3, 0.4) is 0 Å². The molecular weight excluding hydrogens is 365 g/mol. The molecule has 4 rings (SSSR count). The number of aliphatic imine (C=N–C) groups is 1. The van der Waals surface area contributed by atoms with Crippen molar-refractivity contribution in [1.82, 2.24) is 0 Å². The summed E-state index contributed by atoms with van der Waals surface area (Å²) < 4.78 is 19.2. The molecule has 0 fully saturated rings. The standard InChI is InChI=1S/C24H22FN3O/c1-24(2)15-14-17-16-21(12-13-22(17)29-24)28-23(26-19-6-4-3-5-7-19)27-20-10-8-18(25)9-11-20/h3-16H,1-2H3,(H2,26,27,28). The van der Waals surface area contributed by atoms with Gasteiger partial charge in [0.25, 0.3) is 0 Å². The van der Waals surface area contributed by atoms with Crippen molar-refractivity contribution in [1.29, 1.82) is 0 Å². The fraction of sp³-hybridized carbons (Fsp3) is 0.125. The van der Waals surface area contributed by atoms with Gasteiger partial charge < -0.3 is 15.4 Å². The fourth-order valence-corrected chi connectivity index (χ4v) is 2.98. The van der Waals surface area contributed by atoms with Crippen molar-refractivity contribution in [3.63, 3.8) is 0 Å². The SMILES string of the molecule is CC1(C)C=Cc2cc(NC(=Nc3ccc(F)cc3)Nc3ccccc3)ccc2O1. The average Bonchev–Trinajstić information content (AvgIpc) is 2.70. The van der Waals surface area contributed by atoms with Crippen LogP contribution in [-0.4, -0.2) is 11.6 Å². The number of benzene rings is 3.